The Hall–Kier alpha value is -4.06. The van der Waals surface area contributed by atoms with Crippen LogP contribution >= 0.6 is 0 Å². The Morgan fingerprint density at radius 2 is 1.76 bits per heavy atom. The summed E-state index contributed by atoms with van der Waals surface area (Å²) in [6, 6.07) is 22.9. The third-order valence-electron chi connectivity index (χ3n) is 5.75. The van der Waals surface area contributed by atoms with E-state index in [0.717, 1.165) is 19.3 Å². The first-order chi connectivity index (χ1) is 16.2. The Kier molecular flexibility index (Phi) is 5.81. The first kappa shape index (κ1) is 20.8. The molecule has 1 aromatic heterocycles. The number of aryl methyl sites for hydroxylation is 1. The summed E-state index contributed by atoms with van der Waals surface area (Å²) in [4.78, 5) is 21.4. The number of carbonyl (C=O) groups excluding carboxylic acids is 1. The molecule has 1 N–H and O–H groups in total. The third-order valence-corrected chi connectivity index (χ3v) is 5.75. The van der Waals surface area contributed by atoms with Gasteiger partial charge in [0.25, 0.3) is 5.91 Å². The van der Waals surface area contributed by atoms with Crippen molar-refractivity contribution in [1.29, 1.82) is 0 Å². The fraction of sp³-hybridized carbons (Fsp3) is 0.148. The van der Waals surface area contributed by atoms with Gasteiger partial charge in [0.15, 0.2) is 5.82 Å². The van der Waals surface area contributed by atoms with Crippen molar-refractivity contribution in [2.75, 3.05) is 0 Å². The lowest BCUT2D eigenvalue weighted by atomic mass is 9.87. The van der Waals surface area contributed by atoms with E-state index in [1.54, 1.807) is 48.7 Å². The van der Waals surface area contributed by atoms with E-state index in [-0.39, 0.29) is 17.8 Å². The number of hydrogen-bond donors (Lipinski definition) is 1. The van der Waals surface area contributed by atoms with Gasteiger partial charge in [-0.15, -0.1) is 0 Å². The molecule has 6 heteroatoms. The predicted molar refractivity (Wildman–Crippen MR) is 124 cm³/mol. The van der Waals surface area contributed by atoms with Crippen molar-refractivity contribution in [3.63, 3.8) is 0 Å². The van der Waals surface area contributed by atoms with Crippen LogP contribution in [-0.4, -0.2) is 15.9 Å². The molecule has 3 aromatic carbocycles. The van der Waals surface area contributed by atoms with E-state index < -0.39 is 0 Å². The maximum absolute atomic E-state index is 13.2. The largest absolute Gasteiger partial charge is 0.439 e. The van der Waals surface area contributed by atoms with Crippen LogP contribution in [0.1, 0.15) is 40.4 Å². The minimum atomic E-state index is -0.317. The Morgan fingerprint density at radius 3 is 2.58 bits per heavy atom. The van der Waals surface area contributed by atoms with Gasteiger partial charge in [0.2, 0.25) is 5.88 Å². The number of halogens is 1. The third kappa shape index (κ3) is 4.75. The number of fused-ring (bicyclic) bond motifs is 1. The van der Waals surface area contributed by atoms with Gasteiger partial charge in [-0.3, -0.25) is 4.79 Å². The van der Waals surface area contributed by atoms with Crippen LogP contribution in [0.3, 0.4) is 0 Å². The average Bonchev–Trinajstić information content (AvgIpc) is 2.85. The van der Waals surface area contributed by atoms with E-state index in [1.807, 2.05) is 12.1 Å². The molecule has 1 aliphatic carbocycles. The van der Waals surface area contributed by atoms with Gasteiger partial charge in [-0.2, -0.15) is 4.98 Å². The van der Waals surface area contributed by atoms with E-state index in [9.17, 15) is 9.18 Å². The highest BCUT2D eigenvalue weighted by molar-refractivity contribution is 5.94. The summed E-state index contributed by atoms with van der Waals surface area (Å²) < 4.78 is 19.0. The number of rotatable bonds is 5. The van der Waals surface area contributed by atoms with Crippen molar-refractivity contribution in [1.82, 2.24) is 15.3 Å². The van der Waals surface area contributed by atoms with Crippen LogP contribution in [0, 0.1) is 5.82 Å². The van der Waals surface area contributed by atoms with Gasteiger partial charge in [-0.05, 0) is 78.9 Å². The highest BCUT2D eigenvalue weighted by Gasteiger charge is 2.21. The predicted octanol–water partition coefficient (Wildman–Crippen LogP) is 5.88. The van der Waals surface area contributed by atoms with Gasteiger partial charge >= 0.3 is 0 Å². The summed E-state index contributed by atoms with van der Waals surface area (Å²) in [6.07, 6.45) is 4.65. The molecule has 164 valence electrons. The van der Waals surface area contributed by atoms with Crippen molar-refractivity contribution in [2.24, 2.45) is 0 Å². The minimum absolute atomic E-state index is 0.0317. The standard InChI is InChI=1S/C27H22FN3O2/c28-21-12-8-19(9-13-21)26-29-17-16-25(31-26)33-22-14-10-20(11-15-22)27(32)30-24-7-3-5-18-4-1-2-6-23(18)24/h1-2,4,6,8-17,24H,3,5,7H2,(H,30,32)/t24-/m0/s1. The van der Waals surface area contributed by atoms with Crippen molar-refractivity contribution in [3.8, 4) is 23.0 Å². The van der Waals surface area contributed by atoms with E-state index in [2.05, 4.69) is 27.4 Å². The molecular weight excluding hydrogens is 417 g/mol. The van der Waals surface area contributed by atoms with Crippen LogP contribution in [0.25, 0.3) is 11.4 Å². The maximum Gasteiger partial charge on any atom is 0.251 e. The maximum atomic E-state index is 13.2. The van der Waals surface area contributed by atoms with E-state index >= 15 is 0 Å². The number of nitrogens with zero attached hydrogens (tertiary/aromatic N) is 2. The molecule has 0 saturated heterocycles. The zero-order valence-electron chi connectivity index (χ0n) is 17.9. The Labute approximate surface area is 191 Å². The molecule has 1 atom stereocenters. The molecule has 0 radical (unpaired) electrons. The monoisotopic (exact) mass is 439 g/mol. The van der Waals surface area contributed by atoms with E-state index in [0.29, 0.717) is 28.6 Å². The molecule has 33 heavy (non-hydrogen) atoms. The molecule has 0 fully saturated rings. The van der Waals surface area contributed by atoms with Gasteiger partial charge in [-0.25, -0.2) is 9.37 Å². The molecule has 5 nitrogen and oxygen atoms in total. The molecule has 0 bridgehead atoms. The van der Waals surface area contributed by atoms with Crippen LogP contribution in [0.5, 0.6) is 11.6 Å². The molecule has 0 unspecified atom stereocenters. The number of nitrogens with one attached hydrogen (secondary N) is 1. The molecule has 0 spiro atoms. The number of amides is 1. The normalized spacial score (nSPS) is 14.9. The van der Waals surface area contributed by atoms with E-state index in [1.165, 1.54) is 23.3 Å². The summed E-state index contributed by atoms with van der Waals surface area (Å²) in [5.74, 6) is 0.932. The summed E-state index contributed by atoms with van der Waals surface area (Å²) in [5.41, 5.74) is 3.78. The number of ether oxygens (including phenoxy) is 1. The topological polar surface area (TPSA) is 64.1 Å². The minimum Gasteiger partial charge on any atom is -0.439 e. The summed E-state index contributed by atoms with van der Waals surface area (Å²) in [7, 11) is 0. The lowest BCUT2D eigenvalue weighted by Crippen LogP contribution is -2.30. The van der Waals surface area contributed by atoms with Crippen LogP contribution in [0.4, 0.5) is 4.39 Å². The molecular formula is C27H22FN3O2. The number of hydrogen-bond acceptors (Lipinski definition) is 4. The smallest absolute Gasteiger partial charge is 0.251 e. The summed E-state index contributed by atoms with van der Waals surface area (Å²) in [5, 5.41) is 3.16. The van der Waals surface area contributed by atoms with Crippen LogP contribution in [0.2, 0.25) is 0 Å². The van der Waals surface area contributed by atoms with Crippen molar-refractivity contribution in [2.45, 2.75) is 25.3 Å². The Morgan fingerprint density at radius 1 is 0.970 bits per heavy atom. The fourth-order valence-electron chi connectivity index (χ4n) is 4.08. The first-order valence-electron chi connectivity index (χ1n) is 10.9. The molecule has 1 aliphatic rings. The molecule has 1 heterocycles. The van der Waals surface area contributed by atoms with Crippen molar-refractivity contribution < 1.29 is 13.9 Å². The number of carbonyl (C=O) groups is 1. The Bertz CT molecular complexity index is 1270. The second-order valence-corrected chi connectivity index (χ2v) is 7.97. The second-order valence-electron chi connectivity index (χ2n) is 7.97. The average molecular weight is 439 g/mol. The first-order valence-corrected chi connectivity index (χ1v) is 10.9. The number of benzene rings is 3. The van der Waals surface area contributed by atoms with Crippen molar-refractivity contribution >= 4 is 5.91 Å². The van der Waals surface area contributed by atoms with Crippen molar-refractivity contribution in [3.05, 3.63) is 108 Å². The van der Waals surface area contributed by atoms with Crippen LogP contribution in [-0.2, 0) is 6.42 Å². The van der Waals surface area contributed by atoms with Gasteiger partial charge in [0, 0.05) is 23.4 Å². The lowest BCUT2D eigenvalue weighted by molar-refractivity contribution is 0.0932. The van der Waals surface area contributed by atoms with Crippen LogP contribution < -0.4 is 10.1 Å². The molecule has 4 aromatic rings. The summed E-state index contributed by atoms with van der Waals surface area (Å²) >= 11 is 0. The van der Waals surface area contributed by atoms with Gasteiger partial charge in [0.1, 0.15) is 11.6 Å². The molecule has 0 aliphatic heterocycles. The zero-order valence-corrected chi connectivity index (χ0v) is 17.9. The lowest BCUT2D eigenvalue weighted by Gasteiger charge is -2.26. The van der Waals surface area contributed by atoms with Gasteiger partial charge in [0.05, 0.1) is 6.04 Å². The van der Waals surface area contributed by atoms with Gasteiger partial charge < -0.3 is 10.1 Å². The zero-order chi connectivity index (χ0) is 22.6. The molecule has 0 saturated carbocycles. The van der Waals surface area contributed by atoms with Gasteiger partial charge in [-0.1, -0.05) is 24.3 Å². The highest BCUT2D eigenvalue weighted by atomic mass is 19.1. The quantitative estimate of drug-likeness (QED) is 0.422. The SMILES string of the molecule is O=C(N[C@H]1CCCc2ccccc21)c1ccc(Oc2ccnc(-c3ccc(F)cc3)n2)cc1. The van der Waals surface area contributed by atoms with Crippen LogP contribution in [0.15, 0.2) is 85.1 Å². The number of aromatic nitrogens is 2. The Balaban J connectivity index is 1.26. The second kappa shape index (κ2) is 9.20. The molecule has 1 amide bonds. The summed E-state index contributed by atoms with van der Waals surface area (Å²) in [6.45, 7) is 0. The highest BCUT2D eigenvalue weighted by Crippen LogP contribution is 2.30. The fourth-order valence-corrected chi connectivity index (χ4v) is 4.08. The van der Waals surface area contributed by atoms with E-state index in [4.69, 9.17) is 4.74 Å². The molecule has 5 rings (SSSR count).